The third-order valence-corrected chi connectivity index (χ3v) is 3.50. The molecule has 1 aromatic heterocycles. The summed E-state index contributed by atoms with van der Waals surface area (Å²) in [6.07, 6.45) is 1.82. The number of carbonyl (C=O) groups is 1. The SMILES string of the molecule is Cc1ccc(-c2ccc[n+](CC(=O)c3ccccc3)n2)cc1. The summed E-state index contributed by atoms with van der Waals surface area (Å²) in [5, 5.41) is 4.53. The number of hydrogen-bond donors (Lipinski definition) is 0. The summed E-state index contributed by atoms with van der Waals surface area (Å²) in [7, 11) is 0. The first kappa shape index (κ1) is 14.1. The molecule has 22 heavy (non-hydrogen) atoms. The molecule has 3 aromatic rings. The Balaban J connectivity index is 1.82. The summed E-state index contributed by atoms with van der Waals surface area (Å²) in [4.78, 5) is 12.2. The van der Waals surface area contributed by atoms with Gasteiger partial charge in [-0.15, -0.1) is 0 Å². The number of hydrogen-bond acceptors (Lipinski definition) is 2. The number of ketones is 1. The highest BCUT2D eigenvalue weighted by Gasteiger charge is 2.14. The maximum Gasteiger partial charge on any atom is 0.236 e. The zero-order chi connectivity index (χ0) is 15.4. The average molecular weight is 289 g/mol. The highest BCUT2D eigenvalue weighted by atomic mass is 16.1. The third-order valence-electron chi connectivity index (χ3n) is 3.50. The van der Waals surface area contributed by atoms with Gasteiger partial charge in [0.05, 0.1) is 0 Å². The number of Topliss-reactive ketones (excluding diaryl/α,β-unsaturated/α-hetero) is 1. The van der Waals surface area contributed by atoms with Gasteiger partial charge in [-0.2, -0.15) is 0 Å². The van der Waals surface area contributed by atoms with Crippen LogP contribution in [-0.2, 0) is 6.54 Å². The lowest BCUT2D eigenvalue weighted by atomic mass is 10.1. The third kappa shape index (κ3) is 3.26. The molecule has 3 heteroatoms. The maximum atomic E-state index is 12.2. The Bertz CT molecular complexity index is 780. The summed E-state index contributed by atoms with van der Waals surface area (Å²) >= 11 is 0. The molecule has 0 atom stereocenters. The molecular weight excluding hydrogens is 272 g/mol. The Morgan fingerprint density at radius 2 is 1.68 bits per heavy atom. The molecule has 0 saturated heterocycles. The Kier molecular flexibility index (Phi) is 4.05. The number of nitrogens with zero attached hydrogens (tertiary/aromatic N) is 2. The van der Waals surface area contributed by atoms with Crippen LogP contribution in [0.15, 0.2) is 72.9 Å². The maximum absolute atomic E-state index is 12.2. The summed E-state index contributed by atoms with van der Waals surface area (Å²) in [6.45, 7) is 2.30. The van der Waals surface area contributed by atoms with Crippen molar-refractivity contribution in [1.29, 1.82) is 0 Å². The van der Waals surface area contributed by atoms with E-state index in [1.807, 2.05) is 60.8 Å². The fourth-order valence-electron chi connectivity index (χ4n) is 2.27. The van der Waals surface area contributed by atoms with Crippen LogP contribution in [-0.4, -0.2) is 10.9 Å². The van der Waals surface area contributed by atoms with Crippen molar-refractivity contribution in [2.24, 2.45) is 0 Å². The number of carbonyl (C=O) groups excluding carboxylic acids is 1. The van der Waals surface area contributed by atoms with E-state index in [1.165, 1.54) is 5.56 Å². The van der Waals surface area contributed by atoms with E-state index in [9.17, 15) is 4.79 Å². The van der Waals surface area contributed by atoms with Gasteiger partial charge in [0.15, 0.2) is 6.20 Å². The molecule has 1 heterocycles. The Labute approximate surface area is 129 Å². The molecule has 0 N–H and O–H groups in total. The van der Waals surface area contributed by atoms with Gasteiger partial charge in [0.1, 0.15) is 5.69 Å². The molecule has 0 aliphatic rings. The highest BCUT2D eigenvalue weighted by molar-refractivity contribution is 5.94. The van der Waals surface area contributed by atoms with E-state index in [2.05, 4.69) is 24.2 Å². The fourth-order valence-corrected chi connectivity index (χ4v) is 2.27. The minimum atomic E-state index is 0.0548. The van der Waals surface area contributed by atoms with E-state index in [-0.39, 0.29) is 12.3 Å². The molecule has 0 bridgehead atoms. The van der Waals surface area contributed by atoms with Gasteiger partial charge in [-0.05, 0) is 13.0 Å². The van der Waals surface area contributed by atoms with E-state index >= 15 is 0 Å². The average Bonchev–Trinajstić information content (AvgIpc) is 2.56. The van der Waals surface area contributed by atoms with Crippen LogP contribution < -0.4 is 4.68 Å². The van der Waals surface area contributed by atoms with E-state index in [0.29, 0.717) is 5.56 Å². The molecule has 0 spiro atoms. The molecule has 3 rings (SSSR count). The van der Waals surface area contributed by atoms with Crippen molar-refractivity contribution >= 4 is 5.78 Å². The monoisotopic (exact) mass is 289 g/mol. The Morgan fingerprint density at radius 1 is 0.955 bits per heavy atom. The molecule has 0 saturated carbocycles. The Morgan fingerprint density at radius 3 is 2.41 bits per heavy atom. The minimum Gasteiger partial charge on any atom is -0.287 e. The zero-order valence-electron chi connectivity index (χ0n) is 12.4. The van der Waals surface area contributed by atoms with Crippen molar-refractivity contribution in [2.75, 3.05) is 0 Å². The van der Waals surface area contributed by atoms with Gasteiger partial charge in [0, 0.05) is 22.3 Å². The number of rotatable bonds is 4. The summed E-state index contributed by atoms with van der Waals surface area (Å²) in [5.41, 5.74) is 3.83. The fraction of sp³-hybridized carbons (Fsp3) is 0.105. The van der Waals surface area contributed by atoms with Crippen molar-refractivity contribution in [3.8, 4) is 11.3 Å². The first-order valence-electron chi connectivity index (χ1n) is 7.24. The lowest BCUT2D eigenvalue weighted by molar-refractivity contribution is -0.740. The topological polar surface area (TPSA) is 33.8 Å². The molecule has 0 aliphatic heterocycles. The van der Waals surface area contributed by atoms with Crippen LogP contribution in [0.5, 0.6) is 0 Å². The second kappa shape index (κ2) is 6.31. The van der Waals surface area contributed by atoms with Gasteiger partial charge in [-0.3, -0.25) is 4.79 Å². The van der Waals surface area contributed by atoms with Gasteiger partial charge in [0.2, 0.25) is 12.3 Å². The second-order valence-corrected chi connectivity index (χ2v) is 5.25. The van der Waals surface area contributed by atoms with Crippen molar-refractivity contribution in [3.63, 3.8) is 0 Å². The van der Waals surface area contributed by atoms with Crippen LogP contribution in [0, 0.1) is 6.92 Å². The standard InChI is InChI=1S/C19H17N2O/c1-15-9-11-16(12-10-15)18-8-5-13-21(20-18)14-19(22)17-6-3-2-4-7-17/h2-13H,14H2,1H3/q+1. The van der Waals surface area contributed by atoms with Crippen molar-refractivity contribution in [3.05, 3.63) is 84.1 Å². The first-order valence-corrected chi connectivity index (χ1v) is 7.24. The smallest absolute Gasteiger partial charge is 0.236 e. The van der Waals surface area contributed by atoms with Gasteiger partial charge in [-0.1, -0.05) is 64.8 Å². The van der Waals surface area contributed by atoms with Crippen LogP contribution in [0.3, 0.4) is 0 Å². The first-order chi connectivity index (χ1) is 10.7. The number of benzene rings is 2. The van der Waals surface area contributed by atoms with Gasteiger partial charge in [-0.25, -0.2) is 0 Å². The van der Waals surface area contributed by atoms with Crippen LogP contribution in [0.4, 0.5) is 0 Å². The molecule has 0 radical (unpaired) electrons. The van der Waals surface area contributed by atoms with E-state index in [0.717, 1.165) is 11.3 Å². The molecule has 3 nitrogen and oxygen atoms in total. The molecule has 0 unspecified atom stereocenters. The molecule has 0 aliphatic carbocycles. The summed E-state index contributed by atoms with van der Waals surface area (Å²) < 4.78 is 1.69. The van der Waals surface area contributed by atoms with Crippen LogP contribution >= 0.6 is 0 Å². The molecule has 108 valence electrons. The quantitative estimate of drug-likeness (QED) is 0.546. The van der Waals surface area contributed by atoms with Crippen molar-refractivity contribution in [1.82, 2.24) is 5.10 Å². The van der Waals surface area contributed by atoms with Crippen molar-refractivity contribution in [2.45, 2.75) is 13.5 Å². The molecule has 2 aromatic carbocycles. The number of aromatic nitrogens is 2. The lowest BCUT2D eigenvalue weighted by Gasteiger charge is -2.00. The van der Waals surface area contributed by atoms with E-state index in [4.69, 9.17) is 0 Å². The second-order valence-electron chi connectivity index (χ2n) is 5.25. The van der Waals surface area contributed by atoms with Gasteiger partial charge in [0.25, 0.3) is 0 Å². The van der Waals surface area contributed by atoms with Crippen LogP contribution in [0.1, 0.15) is 15.9 Å². The highest BCUT2D eigenvalue weighted by Crippen LogP contribution is 2.15. The van der Waals surface area contributed by atoms with Gasteiger partial charge < -0.3 is 0 Å². The normalized spacial score (nSPS) is 10.4. The number of aryl methyl sites for hydroxylation is 1. The predicted molar refractivity (Wildman–Crippen MR) is 85.4 cm³/mol. The largest absolute Gasteiger partial charge is 0.287 e. The van der Waals surface area contributed by atoms with E-state index in [1.54, 1.807) is 4.68 Å². The zero-order valence-corrected chi connectivity index (χ0v) is 12.4. The van der Waals surface area contributed by atoms with Crippen molar-refractivity contribution < 1.29 is 9.48 Å². The molecule has 0 amide bonds. The lowest BCUT2D eigenvalue weighted by Crippen LogP contribution is -2.41. The predicted octanol–water partition coefficient (Wildman–Crippen LogP) is 3.23. The minimum absolute atomic E-state index is 0.0548. The van der Waals surface area contributed by atoms with E-state index < -0.39 is 0 Å². The summed E-state index contributed by atoms with van der Waals surface area (Å²) in [5.74, 6) is 0.0548. The Hall–Kier alpha value is -2.81. The van der Waals surface area contributed by atoms with Crippen LogP contribution in [0.2, 0.25) is 0 Å². The molecular formula is C19H17N2O+. The van der Waals surface area contributed by atoms with Gasteiger partial charge >= 0.3 is 0 Å². The molecule has 0 fully saturated rings. The van der Waals surface area contributed by atoms with Crippen LogP contribution in [0.25, 0.3) is 11.3 Å². The summed E-state index contributed by atoms with van der Waals surface area (Å²) in [6, 6.07) is 21.4.